The molecular formula is C23H23BrN6O2. The molecule has 0 bridgehead atoms. The Morgan fingerprint density at radius 1 is 1.25 bits per heavy atom. The highest BCUT2D eigenvalue weighted by molar-refractivity contribution is 9.10. The Morgan fingerprint density at radius 3 is 2.69 bits per heavy atom. The number of hydrogen-bond acceptors (Lipinski definition) is 6. The monoisotopic (exact) mass is 494 g/mol. The van der Waals surface area contributed by atoms with Crippen molar-refractivity contribution in [2.45, 2.75) is 20.3 Å². The van der Waals surface area contributed by atoms with Gasteiger partial charge in [0.1, 0.15) is 22.6 Å². The Balaban J connectivity index is 1.85. The van der Waals surface area contributed by atoms with Gasteiger partial charge in [0.05, 0.1) is 17.2 Å². The van der Waals surface area contributed by atoms with E-state index in [0.717, 1.165) is 10.9 Å². The number of fused-ring (bicyclic) bond motifs is 2. The molecule has 4 rings (SSSR count). The molecule has 1 amide bonds. The number of benzene rings is 2. The summed E-state index contributed by atoms with van der Waals surface area (Å²) in [5, 5.41) is 17.5. The van der Waals surface area contributed by atoms with Crippen LogP contribution in [0.15, 0.2) is 52.0 Å². The Labute approximate surface area is 193 Å². The largest absolute Gasteiger partial charge is 0.507 e. The van der Waals surface area contributed by atoms with Crippen LogP contribution in [0.3, 0.4) is 0 Å². The number of phenols is 1. The summed E-state index contributed by atoms with van der Waals surface area (Å²) in [5.41, 5.74) is 9.15. The van der Waals surface area contributed by atoms with Crippen LogP contribution in [0.2, 0.25) is 0 Å². The average molecular weight is 495 g/mol. The molecule has 4 N–H and O–H groups in total. The van der Waals surface area contributed by atoms with E-state index in [-0.39, 0.29) is 23.0 Å². The summed E-state index contributed by atoms with van der Waals surface area (Å²) >= 11 is 3.38. The van der Waals surface area contributed by atoms with Gasteiger partial charge in [0.2, 0.25) is 0 Å². The molecule has 8 nitrogen and oxygen atoms in total. The number of anilines is 1. The number of rotatable bonds is 6. The van der Waals surface area contributed by atoms with Crippen molar-refractivity contribution in [1.82, 2.24) is 20.0 Å². The first-order valence-corrected chi connectivity index (χ1v) is 11.0. The zero-order chi connectivity index (χ0) is 22.8. The molecule has 0 aliphatic rings. The van der Waals surface area contributed by atoms with E-state index in [9.17, 15) is 9.90 Å². The third kappa shape index (κ3) is 4.29. The zero-order valence-electron chi connectivity index (χ0n) is 17.7. The van der Waals surface area contributed by atoms with Crippen LogP contribution in [0.25, 0.3) is 22.2 Å². The number of aromatic hydroxyl groups is 1. The molecule has 4 aromatic rings. The Kier molecular flexibility index (Phi) is 6.09. The maximum absolute atomic E-state index is 13.0. The summed E-state index contributed by atoms with van der Waals surface area (Å²) in [6, 6.07) is 12.4. The minimum absolute atomic E-state index is 0.0650. The molecule has 0 saturated heterocycles. The van der Waals surface area contributed by atoms with Gasteiger partial charge in [-0.25, -0.2) is 9.97 Å². The normalized spacial score (nSPS) is 11.8. The number of nitrogens with zero attached hydrogens (tertiary/aromatic N) is 4. The smallest absolute Gasteiger partial charge is 0.257 e. The molecule has 0 fully saturated rings. The van der Waals surface area contributed by atoms with Crippen LogP contribution in [0.1, 0.15) is 36.2 Å². The van der Waals surface area contributed by atoms with Crippen molar-refractivity contribution in [2.24, 2.45) is 11.0 Å². The number of aromatic nitrogens is 3. The molecule has 0 saturated carbocycles. The molecule has 0 radical (unpaired) electrons. The molecular weight excluding hydrogens is 472 g/mol. The number of nitrogens with one attached hydrogen (secondary N) is 1. The number of carbonyl (C=O) groups is 1. The topological polar surface area (TPSA) is 118 Å². The predicted molar refractivity (Wildman–Crippen MR) is 130 cm³/mol. The van der Waals surface area contributed by atoms with Gasteiger partial charge in [0.25, 0.3) is 5.91 Å². The number of hydrogen-bond donors (Lipinski definition) is 3. The molecule has 0 atom stereocenters. The van der Waals surface area contributed by atoms with Gasteiger partial charge in [-0.2, -0.15) is 9.78 Å². The van der Waals surface area contributed by atoms with Gasteiger partial charge in [-0.1, -0.05) is 41.9 Å². The van der Waals surface area contributed by atoms with Crippen LogP contribution in [-0.2, 0) is 0 Å². The van der Waals surface area contributed by atoms with E-state index in [1.54, 1.807) is 18.2 Å². The summed E-state index contributed by atoms with van der Waals surface area (Å²) in [4.78, 5) is 22.3. The third-order valence-corrected chi connectivity index (χ3v) is 5.50. The lowest BCUT2D eigenvalue weighted by Gasteiger charge is -2.07. The highest BCUT2D eigenvalue weighted by atomic mass is 79.9. The minimum atomic E-state index is -0.322. The second kappa shape index (κ2) is 8.96. The van der Waals surface area contributed by atoms with Gasteiger partial charge in [0, 0.05) is 16.6 Å². The number of carbonyl (C=O) groups excluding carboxylic acids is 1. The molecule has 0 unspecified atom stereocenters. The Morgan fingerprint density at radius 2 is 1.97 bits per heavy atom. The van der Waals surface area contributed by atoms with Gasteiger partial charge in [-0.15, -0.1) is 0 Å². The number of amides is 1. The van der Waals surface area contributed by atoms with Crippen molar-refractivity contribution in [3.8, 4) is 5.75 Å². The van der Waals surface area contributed by atoms with Crippen LogP contribution in [0.5, 0.6) is 5.75 Å². The van der Waals surface area contributed by atoms with Crippen molar-refractivity contribution >= 4 is 56.1 Å². The van der Waals surface area contributed by atoms with Gasteiger partial charge >= 0.3 is 0 Å². The number of nitrogen functional groups attached to an aromatic ring is 1. The van der Waals surface area contributed by atoms with Gasteiger partial charge < -0.3 is 16.2 Å². The quantitative estimate of drug-likeness (QED) is 0.345. The molecule has 2 aromatic carbocycles. The van der Waals surface area contributed by atoms with Crippen molar-refractivity contribution < 1.29 is 9.90 Å². The maximum atomic E-state index is 13.0. The average Bonchev–Trinajstić information content (AvgIpc) is 3.02. The SMILES string of the molecule is CC(C)CCNC(=O)c1c(N)n(N=Cc2cc(Br)ccc2O)c2nc3ccccc3nc12. The van der Waals surface area contributed by atoms with Crippen LogP contribution in [0.4, 0.5) is 5.82 Å². The predicted octanol–water partition coefficient (Wildman–Crippen LogP) is 4.29. The maximum Gasteiger partial charge on any atom is 0.257 e. The molecule has 32 heavy (non-hydrogen) atoms. The number of halogens is 1. The van der Waals surface area contributed by atoms with Gasteiger partial charge in [-0.05, 0) is 42.7 Å². The van der Waals surface area contributed by atoms with E-state index in [2.05, 4.69) is 50.2 Å². The second-order valence-corrected chi connectivity index (χ2v) is 8.76. The van der Waals surface area contributed by atoms with E-state index in [0.29, 0.717) is 40.2 Å². The van der Waals surface area contributed by atoms with Gasteiger partial charge in [0.15, 0.2) is 5.65 Å². The lowest BCUT2D eigenvalue weighted by atomic mass is 10.1. The van der Waals surface area contributed by atoms with E-state index < -0.39 is 0 Å². The molecule has 0 aliphatic heterocycles. The minimum Gasteiger partial charge on any atom is -0.507 e. The van der Waals surface area contributed by atoms with Crippen molar-refractivity contribution in [1.29, 1.82) is 0 Å². The third-order valence-electron chi connectivity index (χ3n) is 5.01. The molecule has 9 heteroatoms. The highest BCUT2D eigenvalue weighted by Crippen LogP contribution is 2.28. The van der Waals surface area contributed by atoms with Crippen LogP contribution >= 0.6 is 15.9 Å². The van der Waals surface area contributed by atoms with E-state index >= 15 is 0 Å². The lowest BCUT2D eigenvalue weighted by molar-refractivity contribution is 0.0954. The van der Waals surface area contributed by atoms with Crippen LogP contribution in [0, 0.1) is 5.92 Å². The van der Waals surface area contributed by atoms with E-state index in [1.165, 1.54) is 10.9 Å². The Bertz CT molecular complexity index is 1350. The second-order valence-electron chi connectivity index (χ2n) is 7.84. The number of nitrogens with two attached hydrogens (primary N) is 1. The van der Waals surface area contributed by atoms with Crippen molar-refractivity contribution in [2.75, 3.05) is 12.3 Å². The standard InChI is InChI=1S/C23H23BrN6O2/c1-13(2)9-10-26-23(32)19-20-22(29-17-6-4-3-5-16(17)28-20)30(21(19)25)27-12-14-11-15(24)7-8-18(14)31/h3-8,11-13,31H,9-10,25H2,1-2H3,(H,26,32). The number of para-hydroxylation sites is 2. The Hall–Kier alpha value is -3.46. The summed E-state index contributed by atoms with van der Waals surface area (Å²) in [6.45, 7) is 4.71. The van der Waals surface area contributed by atoms with Gasteiger partial charge in [-0.3, -0.25) is 4.79 Å². The van der Waals surface area contributed by atoms with Crippen molar-refractivity contribution in [3.63, 3.8) is 0 Å². The fraction of sp³-hybridized carbons (Fsp3) is 0.217. The van der Waals surface area contributed by atoms with Crippen LogP contribution < -0.4 is 11.1 Å². The molecule has 0 spiro atoms. The molecule has 0 aliphatic carbocycles. The fourth-order valence-corrected chi connectivity index (χ4v) is 3.68. The molecule has 164 valence electrons. The first kappa shape index (κ1) is 21.8. The summed E-state index contributed by atoms with van der Waals surface area (Å²) in [7, 11) is 0. The summed E-state index contributed by atoms with van der Waals surface area (Å²) < 4.78 is 2.17. The van der Waals surface area contributed by atoms with Crippen LogP contribution in [-0.4, -0.2) is 38.4 Å². The molecule has 2 heterocycles. The fourth-order valence-electron chi connectivity index (χ4n) is 3.30. The van der Waals surface area contributed by atoms with Crippen molar-refractivity contribution in [3.05, 3.63) is 58.1 Å². The molecule has 2 aromatic heterocycles. The first-order valence-electron chi connectivity index (χ1n) is 10.2. The zero-order valence-corrected chi connectivity index (χ0v) is 19.3. The summed E-state index contributed by atoms with van der Waals surface area (Å²) in [6.07, 6.45) is 2.31. The number of phenolic OH excluding ortho intramolecular Hbond substituents is 1. The van der Waals surface area contributed by atoms with E-state index in [1.807, 2.05) is 24.3 Å². The highest BCUT2D eigenvalue weighted by Gasteiger charge is 2.24. The lowest BCUT2D eigenvalue weighted by Crippen LogP contribution is -2.26. The summed E-state index contributed by atoms with van der Waals surface area (Å²) in [5.74, 6) is 0.329. The van der Waals surface area contributed by atoms with E-state index in [4.69, 9.17) is 5.73 Å². The first-order chi connectivity index (χ1) is 15.3.